The Labute approximate surface area is 147 Å². The van der Waals surface area contributed by atoms with Crippen LogP contribution in [0.25, 0.3) is 0 Å². The van der Waals surface area contributed by atoms with Gasteiger partial charge in [-0.1, -0.05) is 51.1 Å². The molecule has 2 saturated heterocycles. The molecule has 3 atom stereocenters. The minimum atomic E-state index is -0.414. The van der Waals surface area contributed by atoms with E-state index >= 15 is 0 Å². The van der Waals surface area contributed by atoms with Gasteiger partial charge in [-0.15, -0.1) is 0 Å². The zero-order chi connectivity index (χ0) is 17.4. The van der Waals surface area contributed by atoms with Crippen LogP contribution in [-0.4, -0.2) is 35.0 Å². The highest BCUT2D eigenvalue weighted by molar-refractivity contribution is 5.18. The molecule has 3 nitrogen and oxygen atoms in total. The second kappa shape index (κ2) is 6.44. The average Bonchev–Trinajstić information content (AvgIpc) is 3.07. The van der Waals surface area contributed by atoms with Crippen LogP contribution in [0, 0.1) is 5.92 Å². The number of hydrogen-bond donors (Lipinski definition) is 0. The molecule has 0 aliphatic carbocycles. The summed E-state index contributed by atoms with van der Waals surface area (Å²) in [6, 6.07) is 10.9. The van der Waals surface area contributed by atoms with E-state index in [9.17, 15) is 0 Å². The Bertz CT molecular complexity index is 554. The summed E-state index contributed by atoms with van der Waals surface area (Å²) in [5.41, 5.74) is 1.49. The summed E-state index contributed by atoms with van der Waals surface area (Å²) in [5, 5.41) is 0. The monoisotopic (exact) mass is 331 g/mol. The highest BCUT2D eigenvalue weighted by Gasteiger charge is 2.61. The summed E-state index contributed by atoms with van der Waals surface area (Å²) in [4.78, 5) is 2.73. The van der Waals surface area contributed by atoms with Crippen LogP contribution in [0.4, 0.5) is 0 Å². The Hall–Kier alpha value is -0.900. The van der Waals surface area contributed by atoms with E-state index < -0.39 is 5.79 Å². The molecule has 3 heteroatoms. The molecule has 0 aromatic heterocycles. The fraction of sp³-hybridized carbons (Fsp3) is 0.714. The van der Waals surface area contributed by atoms with Crippen LogP contribution >= 0.6 is 0 Å². The van der Waals surface area contributed by atoms with Crippen molar-refractivity contribution in [1.82, 2.24) is 4.90 Å². The van der Waals surface area contributed by atoms with Gasteiger partial charge < -0.3 is 9.47 Å². The van der Waals surface area contributed by atoms with E-state index in [1.54, 1.807) is 0 Å². The van der Waals surface area contributed by atoms with Gasteiger partial charge in [0.1, 0.15) is 0 Å². The SMILES string of the molecule is CCC1(C)CC2(OCCO2)C(C)C(C)(CC)N1Cc1ccccc1. The molecule has 2 fully saturated rings. The first-order valence-electron chi connectivity index (χ1n) is 9.50. The minimum absolute atomic E-state index is 0.0448. The molecule has 2 aliphatic rings. The van der Waals surface area contributed by atoms with Crippen molar-refractivity contribution in [2.75, 3.05) is 13.2 Å². The highest BCUT2D eigenvalue weighted by Crippen LogP contribution is 2.53. The van der Waals surface area contributed by atoms with Crippen LogP contribution in [0.1, 0.15) is 59.4 Å². The molecule has 1 spiro atoms. The lowest BCUT2D eigenvalue weighted by atomic mass is 9.66. The van der Waals surface area contributed by atoms with Crippen molar-refractivity contribution >= 4 is 0 Å². The molecule has 2 aliphatic heterocycles. The van der Waals surface area contributed by atoms with E-state index in [1.807, 2.05) is 0 Å². The van der Waals surface area contributed by atoms with Crippen molar-refractivity contribution in [3.63, 3.8) is 0 Å². The molecule has 3 unspecified atom stereocenters. The molecule has 1 aromatic carbocycles. The van der Waals surface area contributed by atoms with Gasteiger partial charge in [0.25, 0.3) is 0 Å². The zero-order valence-corrected chi connectivity index (χ0v) is 16.0. The van der Waals surface area contributed by atoms with E-state index in [2.05, 4.69) is 69.9 Å². The maximum atomic E-state index is 6.24. The molecule has 0 radical (unpaired) electrons. The molecule has 0 saturated carbocycles. The van der Waals surface area contributed by atoms with Crippen molar-refractivity contribution in [3.8, 4) is 0 Å². The third kappa shape index (κ3) is 2.71. The molecular weight excluding hydrogens is 298 g/mol. The third-order valence-electron chi connectivity index (χ3n) is 6.93. The Morgan fingerprint density at radius 2 is 1.67 bits per heavy atom. The van der Waals surface area contributed by atoms with Gasteiger partial charge in [0.15, 0.2) is 5.79 Å². The summed E-state index contributed by atoms with van der Waals surface area (Å²) < 4.78 is 12.5. The minimum Gasteiger partial charge on any atom is -0.347 e. The van der Waals surface area contributed by atoms with Crippen molar-refractivity contribution in [1.29, 1.82) is 0 Å². The van der Waals surface area contributed by atoms with Crippen molar-refractivity contribution < 1.29 is 9.47 Å². The normalized spacial score (nSPS) is 36.3. The molecule has 0 N–H and O–H groups in total. The summed E-state index contributed by atoms with van der Waals surface area (Å²) in [5.74, 6) is -0.0799. The van der Waals surface area contributed by atoms with E-state index in [1.165, 1.54) is 5.56 Å². The number of benzene rings is 1. The highest BCUT2D eigenvalue weighted by atomic mass is 16.7. The first kappa shape index (κ1) is 17.9. The Morgan fingerprint density at radius 3 is 2.21 bits per heavy atom. The van der Waals surface area contributed by atoms with Gasteiger partial charge in [0, 0.05) is 30.0 Å². The lowest BCUT2D eigenvalue weighted by Gasteiger charge is -2.63. The quantitative estimate of drug-likeness (QED) is 0.804. The van der Waals surface area contributed by atoms with E-state index in [0.29, 0.717) is 5.92 Å². The van der Waals surface area contributed by atoms with Crippen LogP contribution < -0.4 is 0 Å². The standard InChI is InChI=1S/C21H33NO2/c1-6-19(4)16-21(23-13-14-24-21)17(3)20(5,7-2)22(19)15-18-11-9-8-10-12-18/h8-12,17H,6-7,13-16H2,1-5H3. The molecule has 1 aromatic rings. The van der Waals surface area contributed by atoms with Crippen molar-refractivity contribution in [3.05, 3.63) is 35.9 Å². The molecule has 24 heavy (non-hydrogen) atoms. The van der Waals surface area contributed by atoms with Gasteiger partial charge in [-0.3, -0.25) is 4.90 Å². The second-order valence-corrected chi connectivity index (χ2v) is 8.04. The maximum Gasteiger partial charge on any atom is 0.174 e. The second-order valence-electron chi connectivity index (χ2n) is 8.04. The number of piperidine rings is 1. The number of rotatable bonds is 4. The number of nitrogens with zero attached hydrogens (tertiary/aromatic N) is 1. The summed E-state index contributed by atoms with van der Waals surface area (Å²) in [7, 11) is 0. The number of ether oxygens (including phenoxy) is 2. The lowest BCUT2D eigenvalue weighted by Crippen LogP contribution is -2.71. The van der Waals surface area contributed by atoms with Gasteiger partial charge in [0.2, 0.25) is 0 Å². The molecular formula is C21H33NO2. The first-order valence-corrected chi connectivity index (χ1v) is 9.50. The van der Waals surface area contributed by atoms with E-state index in [4.69, 9.17) is 9.47 Å². The van der Waals surface area contributed by atoms with Gasteiger partial charge in [-0.2, -0.15) is 0 Å². The van der Waals surface area contributed by atoms with Crippen LogP contribution in [0.3, 0.4) is 0 Å². The van der Waals surface area contributed by atoms with Crippen molar-refractivity contribution in [2.45, 2.75) is 77.3 Å². The zero-order valence-electron chi connectivity index (χ0n) is 16.0. The Morgan fingerprint density at radius 1 is 1.04 bits per heavy atom. The fourth-order valence-electron chi connectivity index (χ4n) is 4.88. The molecule has 0 amide bonds. The predicted molar refractivity (Wildman–Crippen MR) is 97.8 cm³/mol. The summed E-state index contributed by atoms with van der Waals surface area (Å²) in [6.07, 6.45) is 3.13. The Balaban J connectivity index is 2.01. The van der Waals surface area contributed by atoms with Crippen LogP contribution in [-0.2, 0) is 16.0 Å². The maximum absolute atomic E-state index is 6.24. The smallest absolute Gasteiger partial charge is 0.174 e. The Kier molecular flexibility index (Phi) is 4.80. The fourth-order valence-corrected chi connectivity index (χ4v) is 4.88. The third-order valence-corrected chi connectivity index (χ3v) is 6.93. The van der Waals surface area contributed by atoms with Crippen LogP contribution in [0.15, 0.2) is 30.3 Å². The van der Waals surface area contributed by atoms with E-state index in [0.717, 1.165) is 39.0 Å². The van der Waals surface area contributed by atoms with E-state index in [-0.39, 0.29) is 11.1 Å². The lowest BCUT2D eigenvalue weighted by molar-refractivity contribution is -0.282. The summed E-state index contributed by atoms with van der Waals surface area (Å²) >= 11 is 0. The summed E-state index contributed by atoms with van der Waals surface area (Å²) in [6.45, 7) is 14.2. The van der Waals surface area contributed by atoms with Gasteiger partial charge in [-0.05, 0) is 32.3 Å². The van der Waals surface area contributed by atoms with Gasteiger partial charge in [-0.25, -0.2) is 0 Å². The molecule has 134 valence electrons. The number of likely N-dealkylation sites (tertiary alicyclic amines) is 1. The number of hydrogen-bond acceptors (Lipinski definition) is 3. The van der Waals surface area contributed by atoms with Gasteiger partial charge in [0.05, 0.1) is 13.2 Å². The first-order chi connectivity index (χ1) is 11.4. The van der Waals surface area contributed by atoms with Crippen LogP contribution in [0.5, 0.6) is 0 Å². The van der Waals surface area contributed by atoms with Crippen molar-refractivity contribution in [2.24, 2.45) is 5.92 Å². The van der Waals surface area contributed by atoms with Crippen LogP contribution in [0.2, 0.25) is 0 Å². The predicted octanol–water partition coefficient (Wildman–Crippen LogP) is 4.61. The molecule has 3 rings (SSSR count). The molecule has 0 bridgehead atoms. The largest absolute Gasteiger partial charge is 0.347 e. The van der Waals surface area contributed by atoms with Gasteiger partial charge >= 0.3 is 0 Å². The molecule has 2 heterocycles. The average molecular weight is 332 g/mol. The topological polar surface area (TPSA) is 21.7 Å².